The first kappa shape index (κ1) is 16.6. The summed E-state index contributed by atoms with van der Waals surface area (Å²) in [4.78, 5) is 9.85. The van der Waals surface area contributed by atoms with Gasteiger partial charge in [-0.1, -0.05) is 81.6 Å². The van der Waals surface area contributed by atoms with Crippen LogP contribution >= 0.6 is 0 Å². The van der Waals surface area contributed by atoms with Crippen molar-refractivity contribution < 1.29 is 4.79 Å². The van der Waals surface area contributed by atoms with Crippen LogP contribution in [0.5, 0.6) is 0 Å². The molecule has 0 aliphatic carbocycles. The van der Waals surface area contributed by atoms with E-state index in [0.29, 0.717) is 0 Å². The normalized spacial score (nSPS) is 12.5. The second-order valence-electron chi connectivity index (χ2n) is 4.23. The molecule has 0 heterocycles. The predicted molar refractivity (Wildman–Crippen MR) is 80.2 cm³/mol. The standard InChI is InChI=1S/C17H25O/c1-2-3-4-5-6-7-8-9-10-11-12-13-14-15-16-17-18/h9-16H,2-8H2,1H3. The molecule has 1 nitrogen and oxygen atoms in total. The fraction of sp³-hybridized carbons (Fsp3) is 0.471. The Morgan fingerprint density at radius 3 is 2.11 bits per heavy atom. The molecular weight excluding hydrogens is 220 g/mol. The highest BCUT2D eigenvalue weighted by Crippen LogP contribution is 2.07. The van der Waals surface area contributed by atoms with E-state index in [4.69, 9.17) is 0 Å². The maximum absolute atomic E-state index is 9.85. The van der Waals surface area contributed by atoms with E-state index in [0.717, 1.165) is 0 Å². The Hall–Kier alpha value is -1.37. The Bertz CT molecular complexity index is 282. The number of unbranched alkanes of at least 4 members (excludes halogenated alkanes) is 6. The van der Waals surface area contributed by atoms with E-state index in [1.54, 1.807) is 12.4 Å². The molecular formula is C17H25O. The molecule has 1 radical (unpaired) electrons. The summed E-state index contributed by atoms with van der Waals surface area (Å²) in [5.41, 5.74) is 0. The highest BCUT2D eigenvalue weighted by molar-refractivity contribution is 5.66. The van der Waals surface area contributed by atoms with Crippen LogP contribution < -0.4 is 0 Å². The van der Waals surface area contributed by atoms with Crippen molar-refractivity contribution in [3.63, 3.8) is 0 Å². The Morgan fingerprint density at radius 1 is 0.778 bits per heavy atom. The zero-order valence-corrected chi connectivity index (χ0v) is 11.5. The molecule has 18 heavy (non-hydrogen) atoms. The lowest BCUT2D eigenvalue weighted by Crippen LogP contribution is -1.77. The van der Waals surface area contributed by atoms with Gasteiger partial charge in [0, 0.05) is 0 Å². The maximum atomic E-state index is 9.85. The van der Waals surface area contributed by atoms with E-state index >= 15 is 0 Å². The smallest absolute Gasteiger partial charge is 0.225 e. The van der Waals surface area contributed by atoms with E-state index < -0.39 is 0 Å². The minimum absolute atomic E-state index is 1.17. The molecule has 0 saturated heterocycles. The van der Waals surface area contributed by atoms with Gasteiger partial charge in [-0.3, -0.25) is 4.79 Å². The van der Waals surface area contributed by atoms with Gasteiger partial charge in [0.15, 0.2) is 0 Å². The monoisotopic (exact) mass is 245 g/mol. The molecule has 0 fully saturated rings. The Balaban J connectivity index is 3.37. The van der Waals surface area contributed by atoms with Gasteiger partial charge in [-0.15, -0.1) is 0 Å². The lowest BCUT2D eigenvalue weighted by atomic mass is 10.1. The van der Waals surface area contributed by atoms with E-state index in [1.807, 2.05) is 24.3 Å². The third kappa shape index (κ3) is 14.6. The van der Waals surface area contributed by atoms with Crippen LogP contribution in [0.1, 0.15) is 51.9 Å². The third-order valence-electron chi connectivity index (χ3n) is 2.58. The summed E-state index contributed by atoms with van der Waals surface area (Å²) in [6, 6.07) is 0. The molecule has 0 N–H and O–H groups in total. The van der Waals surface area contributed by atoms with Crippen molar-refractivity contribution in [2.75, 3.05) is 0 Å². The first-order valence-electron chi connectivity index (χ1n) is 6.94. The number of hydrogen-bond donors (Lipinski definition) is 0. The van der Waals surface area contributed by atoms with Gasteiger partial charge in [0.2, 0.25) is 6.29 Å². The van der Waals surface area contributed by atoms with Crippen molar-refractivity contribution >= 4 is 6.29 Å². The largest absolute Gasteiger partial charge is 0.286 e. The van der Waals surface area contributed by atoms with E-state index in [1.165, 1.54) is 51.0 Å². The number of hydrogen-bond acceptors (Lipinski definition) is 1. The molecule has 0 aromatic rings. The second-order valence-corrected chi connectivity index (χ2v) is 4.23. The summed E-state index contributed by atoms with van der Waals surface area (Å²) in [7, 11) is 0. The molecule has 0 spiro atoms. The molecule has 0 atom stereocenters. The fourth-order valence-electron chi connectivity index (χ4n) is 1.57. The van der Waals surface area contributed by atoms with Crippen LogP contribution in [-0.4, -0.2) is 6.29 Å². The van der Waals surface area contributed by atoms with E-state index in [9.17, 15) is 4.79 Å². The zero-order valence-electron chi connectivity index (χ0n) is 11.5. The Kier molecular flexibility index (Phi) is 14.4. The molecule has 0 unspecified atom stereocenters. The van der Waals surface area contributed by atoms with E-state index in [2.05, 4.69) is 19.1 Å². The molecule has 1 heteroatoms. The third-order valence-corrected chi connectivity index (χ3v) is 2.58. The van der Waals surface area contributed by atoms with Crippen molar-refractivity contribution in [1.29, 1.82) is 0 Å². The average molecular weight is 245 g/mol. The van der Waals surface area contributed by atoms with Crippen molar-refractivity contribution in [2.45, 2.75) is 51.9 Å². The quantitative estimate of drug-likeness (QED) is 0.282. The van der Waals surface area contributed by atoms with Crippen LogP contribution in [0.4, 0.5) is 0 Å². The predicted octanol–water partition coefficient (Wildman–Crippen LogP) is 5.07. The van der Waals surface area contributed by atoms with Crippen molar-refractivity contribution in [1.82, 2.24) is 0 Å². The minimum Gasteiger partial charge on any atom is -0.286 e. The number of carbonyl (C=O) groups excluding carboxylic acids is 1. The van der Waals surface area contributed by atoms with Crippen LogP contribution in [0.2, 0.25) is 0 Å². The van der Waals surface area contributed by atoms with Gasteiger partial charge >= 0.3 is 0 Å². The summed E-state index contributed by atoms with van der Waals surface area (Å²) >= 11 is 0. The van der Waals surface area contributed by atoms with Gasteiger partial charge in [0.05, 0.1) is 0 Å². The van der Waals surface area contributed by atoms with Crippen molar-refractivity contribution in [3.05, 3.63) is 48.6 Å². The summed E-state index contributed by atoms with van der Waals surface area (Å²) in [6.07, 6.45) is 25.9. The lowest BCUT2D eigenvalue weighted by molar-refractivity contribution is 0.564. The average Bonchev–Trinajstić information content (AvgIpc) is 2.39. The van der Waals surface area contributed by atoms with Gasteiger partial charge in [-0.05, 0) is 18.9 Å². The topological polar surface area (TPSA) is 17.1 Å². The van der Waals surface area contributed by atoms with Gasteiger partial charge in [-0.25, -0.2) is 0 Å². The Morgan fingerprint density at radius 2 is 1.39 bits per heavy atom. The number of allylic oxidation sites excluding steroid dienone is 8. The van der Waals surface area contributed by atoms with Crippen LogP contribution in [0.15, 0.2) is 48.6 Å². The van der Waals surface area contributed by atoms with Gasteiger partial charge in [0.25, 0.3) is 0 Å². The molecule has 0 aromatic heterocycles. The zero-order chi connectivity index (χ0) is 13.3. The molecule has 0 saturated carbocycles. The minimum atomic E-state index is 1.17. The summed E-state index contributed by atoms with van der Waals surface area (Å²) in [5, 5.41) is 0. The lowest BCUT2D eigenvalue weighted by Gasteiger charge is -1.97. The second kappa shape index (κ2) is 15.6. The molecule has 0 aliphatic heterocycles. The molecule has 0 rings (SSSR count). The molecule has 0 amide bonds. The highest BCUT2D eigenvalue weighted by Gasteiger charge is 1.87. The summed E-state index contributed by atoms with van der Waals surface area (Å²) in [6.45, 7) is 2.25. The maximum Gasteiger partial charge on any atom is 0.225 e. The van der Waals surface area contributed by atoms with Gasteiger partial charge < -0.3 is 0 Å². The van der Waals surface area contributed by atoms with Crippen molar-refractivity contribution in [3.8, 4) is 0 Å². The van der Waals surface area contributed by atoms with Crippen molar-refractivity contribution in [2.24, 2.45) is 0 Å². The number of rotatable bonds is 11. The molecule has 0 bridgehead atoms. The van der Waals surface area contributed by atoms with Gasteiger partial charge in [0.1, 0.15) is 0 Å². The molecule has 99 valence electrons. The summed E-state index contributed by atoms with van der Waals surface area (Å²) in [5.74, 6) is 0. The first-order chi connectivity index (χ1) is 8.91. The highest BCUT2D eigenvalue weighted by atomic mass is 16.1. The first-order valence-corrected chi connectivity index (χ1v) is 6.94. The Labute approximate surface area is 112 Å². The molecule has 0 aromatic carbocycles. The molecule has 0 aliphatic rings. The SMILES string of the molecule is CCCCCCCCC=CC=CC=CC=C[C]=O. The van der Waals surface area contributed by atoms with E-state index in [-0.39, 0.29) is 0 Å². The summed E-state index contributed by atoms with van der Waals surface area (Å²) < 4.78 is 0. The fourth-order valence-corrected chi connectivity index (χ4v) is 1.57. The van der Waals surface area contributed by atoms with Crippen LogP contribution in [0.3, 0.4) is 0 Å². The van der Waals surface area contributed by atoms with Gasteiger partial charge in [-0.2, -0.15) is 0 Å². The van der Waals surface area contributed by atoms with Crippen LogP contribution in [0.25, 0.3) is 0 Å². The van der Waals surface area contributed by atoms with Crippen LogP contribution in [-0.2, 0) is 4.79 Å². The van der Waals surface area contributed by atoms with Crippen LogP contribution in [0, 0.1) is 0 Å².